The van der Waals surface area contributed by atoms with Crippen LogP contribution in [0.2, 0.25) is 5.02 Å². The number of nitrogens with two attached hydrogens (primary N) is 1. The average molecular weight is 414 g/mol. The van der Waals surface area contributed by atoms with Crippen molar-refractivity contribution < 1.29 is 4.79 Å². The number of anilines is 1. The molecule has 0 radical (unpaired) electrons. The summed E-state index contributed by atoms with van der Waals surface area (Å²) in [6.45, 7) is 4.02. The fourth-order valence-electron chi connectivity index (χ4n) is 3.26. The highest BCUT2D eigenvalue weighted by molar-refractivity contribution is 6.32. The van der Waals surface area contributed by atoms with Crippen molar-refractivity contribution in [3.63, 3.8) is 0 Å². The van der Waals surface area contributed by atoms with Gasteiger partial charge in [-0.1, -0.05) is 44.7 Å². The first-order chi connectivity index (χ1) is 13.8. The van der Waals surface area contributed by atoms with Gasteiger partial charge in [0.15, 0.2) is 0 Å². The van der Waals surface area contributed by atoms with Crippen molar-refractivity contribution in [1.82, 2.24) is 9.97 Å². The number of carbonyl (C=O) groups is 1. The monoisotopic (exact) mass is 413 g/mol. The molecule has 1 fully saturated rings. The molecule has 2 aromatic rings. The molecule has 1 aliphatic carbocycles. The van der Waals surface area contributed by atoms with Crippen molar-refractivity contribution in [1.29, 1.82) is 5.26 Å². The van der Waals surface area contributed by atoms with Crippen molar-refractivity contribution in [2.45, 2.75) is 57.9 Å². The molecule has 0 atom stereocenters. The molecule has 154 valence electrons. The van der Waals surface area contributed by atoms with Gasteiger partial charge in [0.2, 0.25) is 0 Å². The number of amides is 1. The summed E-state index contributed by atoms with van der Waals surface area (Å²) in [7, 11) is 2.12. The highest BCUT2D eigenvalue weighted by atomic mass is 35.5. The molecule has 3 rings (SSSR count). The number of rotatable bonds is 4. The predicted octanol–water partition coefficient (Wildman–Crippen LogP) is 4.68. The Hall–Kier alpha value is -2.65. The van der Waals surface area contributed by atoms with Crippen LogP contribution >= 0.6 is 11.6 Å². The van der Waals surface area contributed by atoms with E-state index in [4.69, 9.17) is 22.6 Å². The fourth-order valence-corrected chi connectivity index (χ4v) is 3.47. The van der Waals surface area contributed by atoms with Crippen molar-refractivity contribution in [3.05, 3.63) is 52.6 Å². The zero-order valence-electron chi connectivity index (χ0n) is 17.2. The Balaban J connectivity index is 0.000000221. The molecule has 1 aromatic carbocycles. The Kier molecular flexibility index (Phi) is 8.41. The summed E-state index contributed by atoms with van der Waals surface area (Å²) in [5, 5.41) is 9.40. The van der Waals surface area contributed by atoms with Crippen LogP contribution in [0.4, 0.5) is 5.69 Å². The van der Waals surface area contributed by atoms with Gasteiger partial charge < -0.3 is 10.6 Å². The topological polar surface area (TPSA) is 95.9 Å². The highest BCUT2D eigenvalue weighted by Gasteiger charge is 2.18. The normalized spacial score (nSPS) is 13.9. The van der Waals surface area contributed by atoms with Crippen molar-refractivity contribution in [3.8, 4) is 6.07 Å². The van der Waals surface area contributed by atoms with Crippen LogP contribution in [0.3, 0.4) is 0 Å². The van der Waals surface area contributed by atoms with E-state index in [0.717, 1.165) is 11.4 Å². The molecule has 0 unspecified atom stereocenters. The predicted molar refractivity (Wildman–Crippen MR) is 116 cm³/mol. The molecular weight excluding hydrogens is 386 g/mol. The van der Waals surface area contributed by atoms with Gasteiger partial charge in [0.1, 0.15) is 11.8 Å². The lowest BCUT2D eigenvalue weighted by molar-refractivity contribution is 0.0995. The van der Waals surface area contributed by atoms with E-state index >= 15 is 0 Å². The third-order valence-corrected chi connectivity index (χ3v) is 5.43. The summed E-state index contributed by atoms with van der Waals surface area (Å²) in [6.07, 6.45) is 9.49. The summed E-state index contributed by atoms with van der Waals surface area (Å²) in [5.41, 5.74) is 7.73. The lowest BCUT2D eigenvalue weighted by Gasteiger charge is -2.33. The van der Waals surface area contributed by atoms with Crippen LogP contribution in [0.25, 0.3) is 0 Å². The van der Waals surface area contributed by atoms with Crippen LogP contribution in [0.1, 0.15) is 73.6 Å². The third kappa shape index (κ3) is 6.43. The second kappa shape index (κ2) is 10.8. The summed E-state index contributed by atoms with van der Waals surface area (Å²) >= 11 is 6.06. The summed E-state index contributed by atoms with van der Waals surface area (Å²) in [6, 6.07) is 8.39. The van der Waals surface area contributed by atoms with Crippen LogP contribution in [0.15, 0.2) is 30.6 Å². The molecule has 2 N–H and O–H groups in total. The molecule has 0 aliphatic heterocycles. The molecule has 6 nitrogen and oxygen atoms in total. The number of primary amides is 1. The summed E-state index contributed by atoms with van der Waals surface area (Å²) < 4.78 is 0. The van der Waals surface area contributed by atoms with Crippen molar-refractivity contribution >= 4 is 23.2 Å². The maximum atomic E-state index is 10.6. The quantitative estimate of drug-likeness (QED) is 0.784. The Morgan fingerprint density at radius 3 is 2.41 bits per heavy atom. The molecule has 0 bridgehead atoms. The van der Waals surface area contributed by atoms with Gasteiger partial charge in [0.05, 0.1) is 22.5 Å². The number of nitriles is 1. The second-order valence-electron chi connectivity index (χ2n) is 7.52. The minimum absolute atomic E-state index is 0.208. The van der Waals surface area contributed by atoms with Crippen LogP contribution in [-0.2, 0) is 0 Å². The highest BCUT2D eigenvalue weighted by Crippen LogP contribution is 2.28. The van der Waals surface area contributed by atoms with E-state index in [0.29, 0.717) is 22.5 Å². The van der Waals surface area contributed by atoms with E-state index in [1.165, 1.54) is 38.3 Å². The van der Waals surface area contributed by atoms with Gasteiger partial charge in [-0.15, -0.1) is 0 Å². The number of nitrogens with zero attached hydrogens (tertiary/aromatic N) is 4. The van der Waals surface area contributed by atoms with Gasteiger partial charge in [-0.2, -0.15) is 5.26 Å². The third-order valence-electron chi connectivity index (χ3n) is 5.12. The van der Waals surface area contributed by atoms with E-state index in [1.54, 1.807) is 12.3 Å². The van der Waals surface area contributed by atoms with E-state index in [-0.39, 0.29) is 5.69 Å². The Bertz CT molecular complexity index is 854. The standard InChI is InChI=1S/C14H17ClN2.C8H11N3O/c1-17(12-5-3-2-4-6-12)13-8-7-11(10-16)14(15)9-13;1-5(2)6-3-11-7(4-10-6)8(9)12/h7-9,12H,2-6H2,1H3;3-5H,1-2H3,(H2,9,12). The number of aromatic nitrogens is 2. The number of carbonyl (C=O) groups excluding carboxylic acids is 1. The second-order valence-corrected chi connectivity index (χ2v) is 7.93. The van der Waals surface area contributed by atoms with Gasteiger partial charge in [0.25, 0.3) is 5.91 Å². The average Bonchev–Trinajstić information content (AvgIpc) is 2.74. The van der Waals surface area contributed by atoms with Crippen molar-refractivity contribution in [2.75, 3.05) is 11.9 Å². The minimum atomic E-state index is -0.544. The lowest BCUT2D eigenvalue weighted by Crippen LogP contribution is -2.33. The van der Waals surface area contributed by atoms with Crippen LogP contribution in [0.5, 0.6) is 0 Å². The molecule has 0 saturated heterocycles. The molecule has 1 heterocycles. The van der Waals surface area contributed by atoms with E-state index < -0.39 is 5.91 Å². The summed E-state index contributed by atoms with van der Waals surface area (Å²) in [4.78, 5) is 20.8. The SMILES string of the molecule is CC(C)c1cnc(C(N)=O)cn1.CN(c1ccc(C#N)c(Cl)c1)C1CCCCC1. The maximum absolute atomic E-state index is 10.6. The number of hydrogen-bond donors (Lipinski definition) is 1. The van der Waals surface area contributed by atoms with Gasteiger partial charge in [-0.25, -0.2) is 4.98 Å². The van der Waals surface area contributed by atoms with Crippen LogP contribution in [0, 0.1) is 11.3 Å². The fraction of sp³-hybridized carbons (Fsp3) is 0.455. The minimum Gasteiger partial charge on any atom is -0.372 e. The number of halogens is 1. The Morgan fingerprint density at radius 1 is 1.24 bits per heavy atom. The van der Waals surface area contributed by atoms with Gasteiger partial charge in [-0.3, -0.25) is 9.78 Å². The first-order valence-electron chi connectivity index (χ1n) is 9.87. The molecule has 1 aliphatic rings. The maximum Gasteiger partial charge on any atom is 0.268 e. The van der Waals surface area contributed by atoms with Crippen LogP contribution in [-0.4, -0.2) is 29.0 Å². The van der Waals surface area contributed by atoms with E-state index in [2.05, 4.69) is 28.0 Å². The summed E-state index contributed by atoms with van der Waals surface area (Å²) in [5.74, 6) is -0.225. The lowest BCUT2D eigenvalue weighted by atomic mass is 9.94. The smallest absolute Gasteiger partial charge is 0.268 e. The molecular formula is C22H28ClN5O. The molecule has 1 saturated carbocycles. The van der Waals surface area contributed by atoms with Gasteiger partial charge in [0, 0.05) is 25.0 Å². The first-order valence-corrected chi connectivity index (χ1v) is 10.3. The van der Waals surface area contributed by atoms with Gasteiger partial charge in [-0.05, 0) is 37.0 Å². The molecule has 1 aromatic heterocycles. The largest absolute Gasteiger partial charge is 0.372 e. The van der Waals surface area contributed by atoms with E-state index in [9.17, 15) is 4.79 Å². The first kappa shape index (κ1) is 22.6. The van der Waals surface area contributed by atoms with E-state index in [1.807, 2.05) is 26.0 Å². The number of benzene rings is 1. The molecule has 29 heavy (non-hydrogen) atoms. The van der Waals surface area contributed by atoms with Crippen LogP contribution < -0.4 is 10.6 Å². The Labute approximate surface area is 177 Å². The Morgan fingerprint density at radius 2 is 1.93 bits per heavy atom. The molecule has 0 spiro atoms. The van der Waals surface area contributed by atoms with Crippen molar-refractivity contribution in [2.24, 2.45) is 5.73 Å². The number of hydrogen-bond acceptors (Lipinski definition) is 5. The zero-order valence-corrected chi connectivity index (χ0v) is 18.0. The molecule has 7 heteroatoms. The zero-order chi connectivity index (χ0) is 21.4. The molecule has 1 amide bonds. The van der Waals surface area contributed by atoms with Gasteiger partial charge >= 0.3 is 0 Å².